The van der Waals surface area contributed by atoms with Gasteiger partial charge in [0.05, 0.1) is 24.5 Å². The van der Waals surface area contributed by atoms with Crippen LogP contribution in [0.2, 0.25) is 0 Å². The third kappa shape index (κ3) is 10.8. The quantitative estimate of drug-likeness (QED) is 0.0836. The SMILES string of the molecule is C=C/C=C(\CCC[C@H](O)C(=C)C(NOC[C@@H](/C=C\C)CC=C)C1=CCCC=C1Cl)OC1CN(CCC)C1. The first-order valence-corrected chi connectivity index (χ1v) is 14.1. The number of nitrogens with zero attached hydrogens (tertiary/aromatic N) is 1. The fraction of sp³-hybridized carbons (Fsp3) is 0.548. The molecule has 1 aliphatic heterocycles. The van der Waals surface area contributed by atoms with Crippen molar-refractivity contribution >= 4 is 11.6 Å². The topological polar surface area (TPSA) is 54.0 Å². The summed E-state index contributed by atoms with van der Waals surface area (Å²) < 4.78 is 6.18. The number of hydroxylamine groups is 1. The van der Waals surface area contributed by atoms with E-state index >= 15 is 0 Å². The second-order valence-corrected chi connectivity index (χ2v) is 10.2. The number of allylic oxidation sites excluding steroid dienone is 7. The Labute approximate surface area is 229 Å². The van der Waals surface area contributed by atoms with Gasteiger partial charge in [-0.2, -0.15) is 5.48 Å². The van der Waals surface area contributed by atoms with E-state index in [1.54, 1.807) is 6.08 Å². The van der Waals surface area contributed by atoms with E-state index in [1.807, 2.05) is 31.2 Å². The molecule has 0 aromatic heterocycles. The Kier molecular flexibility index (Phi) is 14.9. The standard InChI is InChI=1S/C31H47ClN2O3/c1-6-13-25(14-7-2)23-36-33-31(28-17-10-11-18-29(28)32)24(5)30(35)19-12-16-26(15-8-3)37-27-21-34(22-27)20-9-4/h6-8,14-15,17-18,25,27,30-31,33,35H,1,3,5,9-13,16,19-23H2,2,4H3/b14-7-,26-15+/t25-,30+,31?/m1/s1. The van der Waals surface area contributed by atoms with Crippen molar-refractivity contribution in [3.8, 4) is 0 Å². The zero-order valence-electron chi connectivity index (χ0n) is 22.8. The minimum Gasteiger partial charge on any atom is -0.492 e. The molecule has 0 aromatic rings. The van der Waals surface area contributed by atoms with E-state index in [0.717, 1.165) is 69.5 Å². The Balaban J connectivity index is 1.93. The van der Waals surface area contributed by atoms with Gasteiger partial charge in [0.1, 0.15) is 6.10 Å². The van der Waals surface area contributed by atoms with Crippen LogP contribution in [0.5, 0.6) is 0 Å². The summed E-state index contributed by atoms with van der Waals surface area (Å²) in [6.07, 6.45) is 19.2. The first-order chi connectivity index (χ1) is 17.9. The van der Waals surface area contributed by atoms with Crippen LogP contribution >= 0.6 is 11.6 Å². The molecule has 0 amide bonds. The Bertz CT molecular complexity index is 855. The van der Waals surface area contributed by atoms with Gasteiger partial charge in [-0.05, 0) is 69.2 Å². The molecule has 3 atom stereocenters. The summed E-state index contributed by atoms with van der Waals surface area (Å²) in [6.45, 7) is 19.6. The summed E-state index contributed by atoms with van der Waals surface area (Å²) in [4.78, 5) is 8.31. The molecule has 0 aromatic carbocycles. The number of nitrogens with one attached hydrogen (secondary N) is 1. The molecule has 0 radical (unpaired) electrons. The highest BCUT2D eigenvalue weighted by Gasteiger charge is 2.28. The fourth-order valence-corrected chi connectivity index (χ4v) is 4.95. The van der Waals surface area contributed by atoms with Crippen LogP contribution in [0.25, 0.3) is 0 Å². The van der Waals surface area contributed by atoms with Crippen LogP contribution in [0.4, 0.5) is 0 Å². The molecular weight excluding hydrogens is 484 g/mol. The van der Waals surface area contributed by atoms with Gasteiger partial charge in [-0.25, -0.2) is 0 Å². The second kappa shape index (κ2) is 17.6. The Morgan fingerprint density at radius 3 is 2.70 bits per heavy atom. The van der Waals surface area contributed by atoms with Gasteiger partial charge in [0.2, 0.25) is 0 Å². The van der Waals surface area contributed by atoms with Crippen molar-refractivity contribution in [1.82, 2.24) is 10.4 Å². The molecular formula is C31H47ClN2O3. The lowest BCUT2D eigenvalue weighted by Crippen LogP contribution is -2.52. The molecule has 0 saturated carbocycles. The van der Waals surface area contributed by atoms with Gasteiger partial charge in [-0.3, -0.25) is 4.90 Å². The molecule has 1 fully saturated rings. The van der Waals surface area contributed by atoms with Crippen molar-refractivity contribution in [2.75, 3.05) is 26.2 Å². The number of halogens is 1. The van der Waals surface area contributed by atoms with Crippen molar-refractivity contribution in [2.45, 2.75) is 77.0 Å². The summed E-state index contributed by atoms with van der Waals surface area (Å²) in [7, 11) is 0. The van der Waals surface area contributed by atoms with Crippen LogP contribution in [0.1, 0.15) is 58.8 Å². The maximum absolute atomic E-state index is 11.1. The maximum Gasteiger partial charge on any atom is 0.123 e. The molecule has 1 unspecified atom stereocenters. The van der Waals surface area contributed by atoms with Crippen LogP contribution in [0, 0.1) is 5.92 Å². The van der Waals surface area contributed by atoms with E-state index in [-0.39, 0.29) is 12.0 Å². The highest BCUT2D eigenvalue weighted by molar-refractivity contribution is 6.32. The Morgan fingerprint density at radius 2 is 2.05 bits per heavy atom. The van der Waals surface area contributed by atoms with E-state index in [2.05, 4.69) is 49.2 Å². The molecule has 2 N–H and O–H groups in total. The Morgan fingerprint density at radius 1 is 1.30 bits per heavy atom. The Hall–Kier alpha value is -1.89. The average Bonchev–Trinajstić information content (AvgIpc) is 2.85. The molecule has 0 bridgehead atoms. The van der Waals surface area contributed by atoms with Crippen molar-refractivity contribution in [3.63, 3.8) is 0 Å². The van der Waals surface area contributed by atoms with Gasteiger partial charge in [-0.1, -0.05) is 68.1 Å². The largest absolute Gasteiger partial charge is 0.492 e. The minimum atomic E-state index is -0.707. The third-order valence-electron chi connectivity index (χ3n) is 6.66. The van der Waals surface area contributed by atoms with Crippen LogP contribution in [-0.4, -0.2) is 54.5 Å². The highest BCUT2D eigenvalue weighted by atomic mass is 35.5. The molecule has 1 aliphatic carbocycles. The predicted molar refractivity (Wildman–Crippen MR) is 156 cm³/mol. The minimum absolute atomic E-state index is 0.222. The van der Waals surface area contributed by atoms with Gasteiger partial charge >= 0.3 is 0 Å². The summed E-state index contributed by atoms with van der Waals surface area (Å²) in [5.41, 5.74) is 4.70. The molecule has 2 rings (SSSR count). The molecule has 206 valence electrons. The molecule has 1 saturated heterocycles. The number of hydrogen-bond donors (Lipinski definition) is 2. The lowest BCUT2D eigenvalue weighted by molar-refractivity contribution is -0.0243. The van der Waals surface area contributed by atoms with Crippen LogP contribution < -0.4 is 5.48 Å². The van der Waals surface area contributed by atoms with Gasteiger partial charge in [-0.15, -0.1) is 6.58 Å². The lowest BCUT2D eigenvalue weighted by atomic mass is 9.90. The number of likely N-dealkylation sites (tertiary alicyclic amines) is 1. The number of hydrogen-bond acceptors (Lipinski definition) is 5. The number of aliphatic hydroxyl groups is 1. The summed E-state index contributed by atoms with van der Waals surface area (Å²) in [5.74, 6) is 1.14. The third-order valence-corrected chi connectivity index (χ3v) is 7.03. The first kappa shape index (κ1) is 31.3. The van der Waals surface area contributed by atoms with Gasteiger partial charge < -0.3 is 14.7 Å². The van der Waals surface area contributed by atoms with Crippen LogP contribution in [0.3, 0.4) is 0 Å². The van der Waals surface area contributed by atoms with Crippen molar-refractivity contribution < 1.29 is 14.7 Å². The zero-order valence-corrected chi connectivity index (χ0v) is 23.6. The van der Waals surface area contributed by atoms with E-state index in [1.165, 1.54) is 0 Å². The molecule has 2 aliphatic rings. The van der Waals surface area contributed by atoms with Gasteiger partial charge in [0.15, 0.2) is 0 Å². The average molecular weight is 531 g/mol. The fourth-order valence-electron chi connectivity index (χ4n) is 4.66. The highest BCUT2D eigenvalue weighted by Crippen LogP contribution is 2.30. The van der Waals surface area contributed by atoms with Crippen LogP contribution in [0.15, 0.2) is 84.2 Å². The van der Waals surface area contributed by atoms with Gasteiger partial charge in [0, 0.05) is 30.5 Å². The maximum atomic E-state index is 11.1. The van der Waals surface area contributed by atoms with E-state index in [0.29, 0.717) is 23.6 Å². The molecule has 1 heterocycles. The summed E-state index contributed by atoms with van der Waals surface area (Å²) in [6, 6.07) is -0.395. The number of rotatable bonds is 19. The molecule has 6 heteroatoms. The van der Waals surface area contributed by atoms with Crippen molar-refractivity contribution in [1.29, 1.82) is 0 Å². The first-order valence-electron chi connectivity index (χ1n) is 13.7. The van der Waals surface area contributed by atoms with Crippen molar-refractivity contribution in [3.05, 3.63) is 84.2 Å². The van der Waals surface area contributed by atoms with E-state index < -0.39 is 12.1 Å². The van der Waals surface area contributed by atoms with E-state index in [9.17, 15) is 5.11 Å². The smallest absolute Gasteiger partial charge is 0.123 e. The molecule has 0 spiro atoms. The zero-order chi connectivity index (χ0) is 27.0. The lowest BCUT2D eigenvalue weighted by Gasteiger charge is -2.39. The molecule has 5 nitrogen and oxygen atoms in total. The summed E-state index contributed by atoms with van der Waals surface area (Å²) >= 11 is 6.56. The normalized spacial score (nSPS) is 19.5. The van der Waals surface area contributed by atoms with Crippen molar-refractivity contribution in [2.24, 2.45) is 5.92 Å². The number of aliphatic hydroxyl groups excluding tert-OH is 1. The van der Waals surface area contributed by atoms with Crippen LogP contribution in [-0.2, 0) is 9.57 Å². The number of ether oxygens (including phenoxy) is 1. The van der Waals surface area contributed by atoms with Gasteiger partial charge in [0.25, 0.3) is 0 Å². The molecule has 37 heavy (non-hydrogen) atoms. The monoisotopic (exact) mass is 530 g/mol. The second-order valence-electron chi connectivity index (χ2n) is 9.81. The van der Waals surface area contributed by atoms with E-state index in [4.69, 9.17) is 21.2 Å². The summed E-state index contributed by atoms with van der Waals surface area (Å²) in [5, 5.41) is 11.7. The predicted octanol–water partition coefficient (Wildman–Crippen LogP) is 6.76.